The molecule has 2 heterocycles. The lowest BCUT2D eigenvalue weighted by molar-refractivity contribution is -0.123. The lowest BCUT2D eigenvalue weighted by Crippen LogP contribution is -2.38. The highest BCUT2D eigenvalue weighted by Crippen LogP contribution is 2.33. The van der Waals surface area contributed by atoms with E-state index in [1.54, 1.807) is 6.07 Å². The fraction of sp³-hybridized carbons (Fsp3) is 0.286. The van der Waals surface area contributed by atoms with E-state index in [0.29, 0.717) is 35.9 Å². The van der Waals surface area contributed by atoms with Crippen molar-refractivity contribution in [2.24, 2.45) is 4.36 Å². The Labute approximate surface area is 183 Å². The van der Waals surface area contributed by atoms with Crippen molar-refractivity contribution in [3.63, 3.8) is 0 Å². The number of carbonyl (C=O) groups excluding carboxylic acids is 1. The summed E-state index contributed by atoms with van der Waals surface area (Å²) in [6.45, 7) is 2.76. The van der Waals surface area contributed by atoms with E-state index < -0.39 is 5.82 Å². The number of hydrogen-bond acceptors (Lipinski definition) is 8. The van der Waals surface area contributed by atoms with Gasteiger partial charge in [0.2, 0.25) is 0 Å². The minimum absolute atomic E-state index is 0.0247. The first-order valence-corrected chi connectivity index (χ1v) is 10.0. The molecule has 0 spiro atoms. The Morgan fingerprint density at radius 2 is 2.23 bits per heavy atom. The lowest BCUT2D eigenvalue weighted by atomic mass is 10.1. The number of rotatable bonds is 7. The molecule has 1 atom stereocenters. The smallest absolute Gasteiger partial charge is 0.258 e. The topological polar surface area (TPSA) is 97.7 Å². The molecule has 0 saturated carbocycles. The maximum absolute atomic E-state index is 13.9. The fourth-order valence-corrected chi connectivity index (χ4v) is 3.53. The van der Waals surface area contributed by atoms with Crippen LogP contribution in [0.15, 0.2) is 41.0 Å². The second-order valence-corrected chi connectivity index (χ2v) is 7.34. The summed E-state index contributed by atoms with van der Waals surface area (Å²) in [5, 5.41) is 6.78. The van der Waals surface area contributed by atoms with Gasteiger partial charge in [0.05, 0.1) is 29.5 Å². The first-order chi connectivity index (χ1) is 15.0. The molecule has 0 bridgehead atoms. The number of anilines is 2. The summed E-state index contributed by atoms with van der Waals surface area (Å²) in [7, 11) is 0. The van der Waals surface area contributed by atoms with Crippen LogP contribution in [0.25, 0.3) is 10.9 Å². The molecular formula is C21H20FN5O3S. The number of benzene rings is 2. The summed E-state index contributed by atoms with van der Waals surface area (Å²) in [5.41, 5.74) is 2.65. The molecule has 0 radical (unpaired) electrons. The van der Waals surface area contributed by atoms with Crippen molar-refractivity contribution in [2.45, 2.75) is 19.4 Å². The van der Waals surface area contributed by atoms with Crippen LogP contribution in [-0.2, 0) is 22.0 Å². The second-order valence-electron chi connectivity index (χ2n) is 7.15. The molecule has 1 aliphatic rings. The molecule has 2 aromatic carbocycles. The fourth-order valence-electron chi connectivity index (χ4n) is 3.43. The summed E-state index contributed by atoms with van der Waals surface area (Å²) in [5.74, 6) is -0.0679. The molecule has 1 saturated heterocycles. The van der Waals surface area contributed by atoms with Crippen LogP contribution in [0.5, 0.6) is 5.75 Å². The number of carbonyl (C=O) groups is 1. The van der Waals surface area contributed by atoms with E-state index in [4.69, 9.17) is 21.9 Å². The number of ether oxygens (including phenoxy) is 2. The molecule has 1 amide bonds. The predicted octanol–water partition coefficient (Wildman–Crippen LogP) is 3.47. The zero-order chi connectivity index (χ0) is 21.8. The van der Waals surface area contributed by atoms with Gasteiger partial charge in [0.15, 0.2) is 6.61 Å². The minimum Gasteiger partial charge on any atom is -0.481 e. The molecule has 1 fully saturated rings. The molecule has 2 N–H and O–H groups in total. The van der Waals surface area contributed by atoms with Gasteiger partial charge >= 0.3 is 0 Å². The Hall–Kier alpha value is -3.24. The van der Waals surface area contributed by atoms with Crippen molar-refractivity contribution in [3.8, 4) is 5.75 Å². The molecular weight excluding hydrogens is 421 g/mol. The molecule has 4 rings (SSSR count). The standard InChI is InChI=1S/C21H20FN5O3S/c1-12-6-15(27-31)8-17-20(12)21(24-11-23-17)26-16-3-2-13(22)7-18(16)30-10-19(28)25-14-4-5-29-9-14/h2-3,6-8,11,14H,4-5,9-10H2,1H3,(H,25,28)(H,23,24,26)/t14-/m0/s1. The van der Waals surface area contributed by atoms with Crippen LogP contribution in [0.1, 0.15) is 12.0 Å². The molecule has 0 aliphatic carbocycles. The SMILES string of the molecule is Cc1cc(N=S)cc2ncnc(Nc3ccc(F)cc3OCC(=O)N[C@H]3CCOC3)c12. The van der Waals surface area contributed by atoms with E-state index >= 15 is 0 Å². The number of aromatic nitrogens is 2. The van der Waals surface area contributed by atoms with Gasteiger partial charge in [0.1, 0.15) is 23.7 Å². The third-order valence-electron chi connectivity index (χ3n) is 4.88. The second kappa shape index (κ2) is 9.27. The summed E-state index contributed by atoms with van der Waals surface area (Å²) in [4.78, 5) is 20.8. The monoisotopic (exact) mass is 441 g/mol. The van der Waals surface area contributed by atoms with E-state index in [0.717, 1.165) is 17.4 Å². The van der Waals surface area contributed by atoms with Gasteiger partial charge in [-0.2, -0.15) is 4.36 Å². The van der Waals surface area contributed by atoms with Gasteiger partial charge in [-0.25, -0.2) is 14.4 Å². The summed E-state index contributed by atoms with van der Waals surface area (Å²) in [6, 6.07) is 7.63. The van der Waals surface area contributed by atoms with Gasteiger partial charge in [-0.1, -0.05) is 0 Å². The van der Waals surface area contributed by atoms with Crippen molar-refractivity contribution < 1.29 is 18.7 Å². The number of fused-ring (bicyclic) bond motifs is 1. The van der Waals surface area contributed by atoms with Crippen molar-refractivity contribution in [1.29, 1.82) is 0 Å². The van der Waals surface area contributed by atoms with E-state index in [1.165, 1.54) is 24.5 Å². The zero-order valence-electron chi connectivity index (χ0n) is 16.7. The number of amides is 1. The van der Waals surface area contributed by atoms with E-state index in [9.17, 15) is 9.18 Å². The van der Waals surface area contributed by atoms with Crippen molar-refractivity contribution in [1.82, 2.24) is 15.3 Å². The van der Waals surface area contributed by atoms with Crippen LogP contribution < -0.4 is 15.4 Å². The summed E-state index contributed by atoms with van der Waals surface area (Å²) >= 11 is 4.78. The summed E-state index contributed by atoms with van der Waals surface area (Å²) < 4.78 is 28.5. The third kappa shape index (κ3) is 4.92. The van der Waals surface area contributed by atoms with Crippen LogP contribution in [0.3, 0.4) is 0 Å². The number of hydrogen-bond donors (Lipinski definition) is 2. The van der Waals surface area contributed by atoms with Crippen LogP contribution in [-0.4, -0.2) is 41.7 Å². The Kier molecular flexibility index (Phi) is 6.28. The van der Waals surface area contributed by atoms with Gasteiger partial charge in [-0.3, -0.25) is 4.79 Å². The van der Waals surface area contributed by atoms with E-state index in [-0.39, 0.29) is 24.3 Å². The van der Waals surface area contributed by atoms with Crippen LogP contribution in [0, 0.1) is 12.7 Å². The highest BCUT2D eigenvalue weighted by molar-refractivity contribution is 7.47. The van der Waals surface area contributed by atoms with Crippen LogP contribution in [0.4, 0.5) is 21.6 Å². The highest BCUT2D eigenvalue weighted by Gasteiger charge is 2.18. The average Bonchev–Trinajstić information content (AvgIpc) is 3.26. The van der Waals surface area contributed by atoms with Gasteiger partial charge in [-0.15, -0.1) is 0 Å². The molecule has 1 aromatic heterocycles. The average molecular weight is 441 g/mol. The normalized spacial score (nSPS) is 15.6. The number of aryl methyl sites for hydroxylation is 1. The Morgan fingerprint density at radius 3 is 3.00 bits per heavy atom. The summed E-state index contributed by atoms with van der Waals surface area (Å²) in [6.07, 6.45) is 2.18. The molecule has 0 unspecified atom stereocenters. The van der Waals surface area contributed by atoms with Gasteiger partial charge in [0.25, 0.3) is 5.91 Å². The third-order valence-corrected chi connectivity index (χ3v) is 5.09. The first-order valence-electron chi connectivity index (χ1n) is 9.68. The number of halogens is 1. The van der Waals surface area contributed by atoms with Crippen molar-refractivity contribution in [2.75, 3.05) is 25.1 Å². The number of nitrogens with one attached hydrogen (secondary N) is 2. The van der Waals surface area contributed by atoms with E-state index in [2.05, 4.69) is 25.0 Å². The van der Waals surface area contributed by atoms with Crippen molar-refractivity contribution in [3.05, 3.63) is 48.0 Å². The molecule has 8 nitrogen and oxygen atoms in total. The van der Waals surface area contributed by atoms with Gasteiger partial charge in [-0.05, 0) is 43.2 Å². The predicted molar refractivity (Wildman–Crippen MR) is 116 cm³/mol. The quantitative estimate of drug-likeness (QED) is 0.579. The van der Waals surface area contributed by atoms with Crippen molar-refractivity contribution >= 4 is 46.4 Å². The minimum atomic E-state index is -0.481. The Balaban J connectivity index is 1.56. The lowest BCUT2D eigenvalue weighted by Gasteiger charge is -2.16. The molecule has 10 heteroatoms. The maximum atomic E-state index is 13.9. The van der Waals surface area contributed by atoms with E-state index in [1.807, 2.05) is 13.0 Å². The van der Waals surface area contributed by atoms with Crippen LogP contribution in [0.2, 0.25) is 0 Å². The number of nitrogens with zero attached hydrogens (tertiary/aromatic N) is 3. The molecule has 160 valence electrons. The zero-order valence-corrected chi connectivity index (χ0v) is 17.5. The molecule has 3 aromatic rings. The Morgan fingerprint density at radius 1 is 1.35 bits per heavy atom. The molecule has 1 aliphatic heterocycles. The highest BCUT2D eigenvalue weighted by atomic mass is 32.1. The largest absolute Gasteiger partial charge is 0.481 e. The Bertz CT molecular complexity index is 1140. The molecule has 31 heavy (non-hydrogen) atoms. The van der Waals surface area contributed by atoms with Crippen LogP contribution >= 0.6 is 0 Å². The maximum Gasteiger partial charge on any atom is 0.258 e. The van der Waals surface area contributed by atoms with Gasteiger partial charge < -0.3 is 20.1 Å². The van der Waals surface area contributed by atoms with Gasteiger partial charge in [0, 0.05) is 30.5 Å². The first kappa shape index (κ1) is 21.0.